The van der Waals surface area contributed by atoms with E-state index >= 15 is 0 Å². The summed E-state index contributed by atoms with van der Waals surface area (Å²) in [5.41, 5.74) is 2.62. The van der Waals surface area contributed by atoms with Crippen molar-refractivity contribution in [1.29, 1.82) is 0 Å². The molecule has 3 heteroatoms. The molecule has 0 spiro atoms. The van der Waals surface area contributed by atoms with E-state index in [9.17, 15) is 0 Å². The minimum Gasteiger partial charge on any atom is -0.352 e. The van der Waals surface area contributed by atoms with Gasteiger partial charge in [-0.05, 0) is 68.7 Å². The third-order valence-corrected chi connectivity index (χ3v) is 8.78. The maximum atomic E-state index is 2.42. The van der Waals surface area contributed by atoms with Gasteiger partial charge < -0.3 is 9.13 Å². The fourth-order valence-corrected chi connectivity index (χ4v) is 6.91. The number of hydrogen-bond acceptors (Lipinski definition) is 0. The van der Waals surface area contributed by atoms with Crippen molar-refractivity contribution in [1.82, 2.24) is 9.13 Å². The van der Waals surface area contributed by atoms with Gasteiger partial charge in [0.05, 0.1) is 8.07 Å². The summed E-state index contributed by atoms with van der Waals surface area (Å²) in [6, 6.07) is 23.3. The van der Waals surface area contributed by atoms with Crippen molar-refractivity contribution in [3.63, 3.8) is 0 Å². The molecule has 0 radical (unpaired) electrons. The van der Waals surface area contributed by atoms with Crippen LogP contribution in [0.25, 0.3) is 54.1 Å². The lowest BCUT2D eigenvalue weighted by atomic mass is 9.95. The zero-order valence-corrected chi connectivity index (χ0v) is 19.2. The summed E-state index contributed by atoms with van der Waals surface area (Å²) in [5.74, 6) is 0. The quantitative estimate of drug-likeness (QED) is 0.213. The lowest BCUT2D eigenvalue weighted by Crippen LogP contribution is -2.41. The number of aromatic nitrogens is 2. The van der Waals surface area contributed by atoms with Crippen LogP contribution < -0.4 is 5.32 Å². The van der Waals surface area contributed by atoms with E-state index in [2.05, 4.69) is 110 Å². The SMILES string of the molecule is Cn1ccc2cc3c(ccc4c5cc6cc([Si](C)(C)C)n(C)c6cc5ccc34)cc21. The number of benzene rings is 4. The van der Waals surface area contributed by atoms with Gasteiger partial charge in [-0.2, -0.15) is 0 Å². The maximum Gasteiger partial charge on any atom is 0.0984 e. The fourth-order valence-electron chi connectivity index (χ4n) is 5.19. The highest BCUT2D eigenvalue weighted by atomic mass is 28.3. The van der Waals surface area contributed by atoms with Crippen LogP contribution in [0.3, 0.4) is 0 Å². The van der Waals surface area contributed by atoms with Crippen molar-refractivity contribution in [2.75, 3.05) is 0 Å². The van der Waals surface area contributed by atoms with E-state index in [1.54, 1.807) is 0 Å². The van der Waals surface area contributed by atoms with Gasteiger partial charge in [0.1, 0.15) is 0 Å². The Morgan fingerprint density at radius 3 is 1.80 bits per heavy atom. The second kappa shape index (κ2) is 5.76. The molecule has 6 rings (SSSR count). The molecule has 0 aliphatic rings. The molecule has 2 nitrogen and oxygen atoms in total. The first kappa shape index (κ1) is 17.8. The summed E-state index contributed by atoms with van der Waals surface area (Å²) in [4.78, 5) is 0. The second-order valence-corrected chi connectivity index (χ2v) is 14.8. The van der Waals surface area contributed by atoms with Crippen molar-refractivity contribution >= 4 is 67.5 Å². The Morgan fingerprint density at radius 1 is 0.567 bits per heavy atom. The Hall–Kier alpha value is -3.04. The molecular formula is C27H26N2Si. The number of nitrogens with zero attached hydrogens (tertiary/aromatic N) is 2. The second-order valence-electron chi connectivity index (χ2n) is 9.76. The Bertz CT molecular complexity index is 1640. The van der Waals surface area contributed by atoms with Gasteiger partial charge in [0.2, 0.25) is 0 Å². The standard InChI is InChI=1S/C27H26N2Si/c1-28-11-10-19-12-23-17(14-25(19)28)6-8-22-21(23)9-7-18-15-26-20(13-24(18)22)16-27(29(26)2)30(3,4)5/h6-16H,1-5H3. The van der Waals surface area contributed by atoms with E-state index in [1.807, 2.05) is 0 Å². The van der Waals surface area contributed by atoms with Gasteiger partial charge in [-0.15, -0.1) is 0 Å². The molecule has 4 aromatic carbocycles. The first-order chi connectivity index (χ1) is 14.3. The van der Waals surface area contributed by atoms with Gasteiger partial charge >= 0.3 is 0 Å². The van der Waals surface area contributed by atoms with Crippen molar-refractivity contribution in [3.8, 4) is 0 Å². The van der Waals surface area contributed by atoms with Crippen molar-refractivity contribution in [3.05, 3.63) is 66.9 Å². The molecule has 0 N–H and O–H groups in total. The summed E-state index contributed by atoms with van der Waals surface area (Å²) in [5, 5.41) is 12.2. The summed E-state index contributed by atoms with van der Waals surface area (Å²) in [6.07, 6.45) is 2.14. The predicted molar refractivity (Wildman–Crippen MR) is 135 cm³/mol. The Balaban J connectivity index is 1.71. The molecule has 0 aliphatic heterocycles. The molecule has 0 amide bonds. The van der Waals surface area contributed by atoms with E-state index in [0.29, 0.717) is 0 Å². The lowest BCUT2D eigenvalue weighted by molar-refractivity contribution is 0.970. The molecule has 6 aromatic rings. The topological polar surface area (TPSA) is 9.86 Å². The Morgan fingerprint density at radius 2 is 1.17 bits per heavy atom. The van der Waals surface area contributed by atoms with Crippen LogP contribution in [0.5, 0.6) is 0 Å². The molecular weight excluding hydrogens is 380 g/mol. The van der Waals surface area contributed by atoms with Crippen LogP contribution in [0.1, 0.15) is 0 Å². The number of hydrogen-bond donors (Lipinski definition) is 0. The molecule has 0 saturated carbocycles. The van der Waals surface area contributed by atoms with Gasteiger partial charge in [0, 0.05) is 47.4 Å². The Labute approximate surface area is 177 Å². The van der Waals surface area contributed by atoms with Crippen molar-refractivity contribution in [2.24, 2.45) is 14.1 Å². The smallest absolute Gasteiger partial charge is 0.0984 e. The molecule has 0 aliphatic carbocycles. The van der Waals surface area contributed by atoms with Crippen molar-refractivity contribution in [2.45, 2.75) is 19.6 Å². The van der Waals surface area contributed by atoms with Crippen LogP contribution in [0.2, 0.25) is 19.6 Å². The van der Waals surface area contributed by atoms with E-state index in [0.717, 1.165) is 0 Å². The molecule has 30 heavy (non-hydrogen) atoms. The highest BCUT2D eigenvalue weighted by Gasteiger charge is 2.21. The molecule has 0 atom stereocenters. The van der Waals surface area contributed by atoms with Gasteiger partial charge in [-0.3, -0.25) is 0 Å². The number of rotatable bonds is 1. The highest BCUT2D eigenvalue weighted by molar-refractivity contribution is 6.88. The first-order valence-corrected chi connectivity index (χ1v) is 14.2. The third-order valence-electron chi connectivity index (χ3n) is 6.77. The normalized spacial score (nSPS) is 12.8. The van der Waals surface area contributed by atoms with E-state index in [4.69, 9.17) is 0 Å². The number of fused-ring (bicyclic) bond motifs is 7. The van der Waals surface area contributed by atoms with Gasteiger partial charge in [-0.1, -0.05) is 43.9 Å². The largest absolute Gasteiger partial charge is 0.352 e. The summed E-state index contributed by atoms with van der Waals surface area (Å²) >= 11 is 0. The maximum absolute atomic E-state index is 2.42. The van der Waals surface area contributed by atoms with Crippen LogP contribution in [-0.4, -0.2) is 17.2 Å². The first-order valence-electron chi connectivity index (χ1n) is 10.7. The van der Waals surface area contributed by atoms with Crippen molar-refractivity contribution < 1.29 is 0 Å². The molecule has 2 aromatic heterocycles. The molecule has 2 heterocycles. The summed E-state index contributed by atoms with van der Waals surface area (Å²) in [7, 11) is 2.95. The Kier molecular flexibility index (Phi) is 3.42. The van der Waals surface area contributed by atoms with Crippen LogP contribution in [0, 0.1) is 0 Å². The molecule has 0 saturated heterocycles. The van der Waals surface area contributed by atoms with Crippen LogP contribution in [0.15, 0.2) is 66.9 Å². The average molecular weight is 407 g/mol. The van der Waals surface area contributed by atoms with Gasteiger partial charge in [-0.25, -0.2) is 0 Å². The zero-order valence-electron chi connectivity index (χ0n) is 18.2. The summed E-state index contributed by atoms with van der Waals surface area (Å²) in [6.45, 7) is 7.27. The predicted octanol–water partition coefficient (Wildman–Crippen LogP) is 6.67. The monoisotopic (exact) mass is 406 g/mol. The zero-order chi connectivity index (χ0) is 20.8. The lowest BCUT2D eigenvalue weighted by Gasteiger charge is -2.17. The minimum absolute atomic E-state index is 1.28. The number of aryl methyl sites for hydroxylation is 2. The van der Waals surface area contributed by atoms with E-state index < -0.39 is 8.07 Å². The van der Waals surface area contributed by atoms with Crippen LogP contribution in [-0.2, 0) is 14.1 Å². The highest BCUT2D eigenvalue weighted by Crippen LogP contribution is 2.35. The van der Waals surface area contributed by atoms with E-state index in [1.165, 1.54) is 59.4 Å². The van der Waals surface area contributed by atoms with E-state index in [-0.39, 0.29) is 0 Å². The van der Waals surface area contributed by atoms with Crippen LogP contribution in [0.4, 0.5) is 0 Å². The molecule has 0 fully saturated rings. The van der Waals surface area contributed by atoms with Gasteiger partial charge in [0.15, 0.2) is 0 Å². The van der Waals surface area contributed by atoms with Gasteiger partial charge in [0.25, 0.3) is 0 Å². The average Bonchev–Trinajstić information content (AvgIpc) is 3.24. The third kappa shape index (κ3) is 2.36. The van der Waals surface area contributed by atoms with Crippen LogP contribution >= 0.6 is 0 Å². The molecule has 0 bridgehead atoms. The molecule has 0 unspecified atom stereocenters. The summed E-state index contributed by atoms with van der Waals surface area (Å²) < 4.78 is 4.61. The minimum atomic E-state index is -1.39. The molecule has 148 valence electrons. The fraction of sp³-hybridized carbons (Fsp3) is 0.185.